The van der Waals surface area contributed by atoms with Crippen molar-refractivity contribution in [1.82, 2.24) is 15.0 Å². The average molecular weight is 403 g/mol. The summed E-state index contributed by atoms with van der Waals surface area (Å²) in [5.74, 6) is 1.84. The van der Waals surface area contributed by atoms with Crippen LogP contribution in [0.3, 0.4) is 0 Å². The quantitative estimate of drug-likeness (QED) is 0.575. The van der Waals surface area contributed by atoms with Gasteiger partial charge in [0.15, 0.2) is 11.6 Å². The Morgan fingerprint density at radius 2 is 1.86 bits per heavy atom. The van der Waals surface area contributed by atoms with Gasteiger partial charge in [0.05, 0.1) is 6.20 Å². The molecule has 2 N–H and O–H groups in total. The van der Waals surface area contributed by atoms with Crippen LogP contribution in [0.5, 0.6) is 11.5 Å². The number of pyridine rings is 1. The minimum atomic E-state index is -0.614. The molecule has 0 unspecified atom stereocenters. The van der Waals surface area contributed by atoms with Crippen molar-refractivity contribution in [3.63, 3.8) is 0 Å². The molecule has 9 nitrogen and oxygen atoms in total. The number of nitrogens with one attached hydrogen (secondary N) is 2. The predicted molar refractivity (Wildman–Crippen MR) is 111 cm³/mol. The summed E-state index contributed by atoms with van der Waals surface area (Å²) in [7, 11) is 0. The Hall–Kier alpha value is -3.10. The maximum atomic E-state index is 11.9. The zero-order chi connectivity index (χ0) is 21.1. The van der Waals surface area contributed by atoms with E-state index >= 15 is 0 Å². The molecule has 2 rings (SSSR count). The highest BCUT2D eigenvalue weighted by molar-refractivity contribution is 5.82. The number of hydrogen-bond donors (Lipinski definition) is 2. The van der Waals surface area contributed by atoms with Crippen molar-refractivity contribution in [3.8, 4) is 11.5 Å². The molecule has 9 heteroatoms. The topological polar surface area (TPSA) is 107 Å². The number of nitrogens with zero attached hydrogens (tertiary/aromatic N) is 3. The first kappa shape index (κ1) is 22.2. The van der Waals surface area contributed by atoms with Crippen LogP contribution in [0.4, 0.5) is 16.6 Å². The Morgan fingerprint density at radius 3 is 2.55 bits per heavy atom. The average Bonchev–Trinajstić information content (AvgIpc) is 2.66. The summed E-state index contributed by atoms with van der Waals surface area (Å²) in [4.78, 5) is 24.4. The number of aromatic nitrogens is 3. The summed E-state index contributed by atoms with van der Waals surface area (Å²) < 4.78 is 16.6. The van der Waals surface area contributed by atoms with Gasteiger partial charge < -0.3 is 19.5 Å². The third-order valence-electron chi connectivity index (χ3n) is 3.45. The molecule has 0 aliphatic carbocycles. The Balaban J connectivity index is 1.96. The fraction of sp³-hybridized carbons (Fsp3) is 0.500. The van der Waals surface area contributed by atoms with E-state index in [9.17, 15) is 4.79 Å². The van der Waals surface area contributed by atoms with Gasteiger partial charge in [-0.25, -0.2) is 9.78 Å². The molecule has 1 amide bonds. The van der Waals surface area contributed by atoms with Crippen molar-refractivity contribution >= 4 is 17.9 Å². The van der Waals surface area contributed by atoms with E-state index in [1.54, 1.807) is 45.3 Å². The molecule has 158 valence electrons. The normalized spacial score (nSPS) is 10.9. The molecule has 0 saturated heterocycles. The standard InChI is InChI=1S/C20H29N5O4/c1-5-6-9-22-17-16(28-13-12-27-15-7-10-21-11-8-15)14-23-18(24-17)25-19(26)29-20(2,3)4/h7-8,10-11,14H,5-6,9,12-13H2,1-4H3,(H2,22,23,24,25,26). The molecule has 2 aromatic rings. The van der Waals surface area contributed by atoms with Crippen LogP contribution >= 0.6 is 0 Å². The van der Waals surface area contributed by atoms with Crippen molar-refractivity contribution < 1.29 is 19.0 Å². The van der Waals surface area contributed by atoms with Gasteiger partial charge in [-0.1, -0.05) is 13.3 Å². The SMILES string of the molecule is CCCCNc1nc(NC(=O)OC(C)(C)C)ncc1OCCOc1ccncc1. The van der Waals surface area contributed by atoms with Crippen LogP contribution < -0.4 is 20.1 Å². The van der Waals surface area contributed by atoms with E-state index in [1.165, 1.54) is 6.20 Å². The van der Waals surface area contributed by atoms with Crippen LogP contribution in [0.25, 0.3) is 0 Å². The van der Waals surface area contributed by atoms with E-state index in [0.29, 0.717) is 24.8 Å². The van der Waals surface area contributed by atoms with Gasteiger partial charge in [0, 0.05) is 18.9 Å². The van der Waals surface area contributed by atoms with E-state index in [2.05, 4.69) is 32.5 Å². The Kier molecular flexibility index (Phi) is 8.45. The molecule has 0 bridgehead atoms. The maximum Gasteiger partial charge on any atom is 0.414 e. The molecule has 2 aromatic heterocycles. The van der Waals surface area contributed by atoms with Crippen molar-refractivity contribution in [2.45, 2.75) is 46.1 Å². The Morgan fingerprint density at radius 1 is 1.14 bits per heavy atom. The van der Waals surface area contributed by atoms with Gasteiger partial charge >= 0.3 is 6.09 Å². The highest BCUT2D eigenvalue weighted by Crippen LogP contribution is 2.23. The molecule has 0 aromatic carbocycles. The molecular formula is C20H29N5O4. The van der Waals surface area contributed by atoms with Gasteiger partial charge in [0.1, 0.15) is 24.6 Å². The van der Waals surface area contributed by atoms with E-state index in [0.717, 1.165) is 25.1 Å². The second kappa shape index (κ2) is 11.0. The molecule has 2 heterocycles. The number of rotatable bonds is 10. The summed E-state index contributed by atoms with van der Waals surface area (Å²) in [6.07, 6.45) is 6.24. The van der Waals surface area contributed by atoms with Gasteiger partial charge in [-0.15, -0.1) is 0 Å². The Labute approximate surface area is 171 Å². The number of anilines is 2. The molecule has 0 aliphatic heterocycles. The van der Waals surface area contributed by atoms with Crippen LogP contribution in [-0.4, -0.2) is 46.4 Å². The molecule has 0 saturated carbocycles. The largest absolute Gasteiger partial charge is 0.490 e. The second-order valence-corrected chi connectivity index (χ2v) is 7.19. The molecule has 0 fully saturated rings. The summed E-state index contributed by atoms with van der Waals surface area (Å²) in [5, 5.41) is 5.75. The predicted octanol–water partition coefficient (Wildman–Crippen LogP) is 3.89. The monoisotopic (exact) mass is 403 g/mol. The minimum Gasteiger partial charge on any atom is -0.490 e. The maximum absolute atomic E-state index is 11.9. The van der Waals surface area contributed by atoms with Gasteiger partial charge in [-0.05, 0) is 39.3 Å². The summed E-state index contributed by atoms with van der Waals surface area (Å²) in [5.41, 5.74) is -0.607. The van der Waals surface area contributed by atoms with Gasteiger partial charge in [0.2, 0.25) is 5.95 Å². The molecule has 0 radical (unpaired) electrons. The lowest BCUT2D eigenvalue weighted by Crippen LogP contribution is -2.28. The number of hydrogen-bond acceptors (Lipinski definition) is 8. The zero-order valence-electron chi connectivity index (χ0n) is 17.4. The van der Waals surface area contributed by atoms with Gasteiger partial charge in [0.25, 0.3) is 0 Å². The number of unbranched alkanes of at least 4 members (excludes halogenated alkanes) is 1. The summed E-state index contributed by atoms with van der Waals surface area (Å²) in [6.45, 7) is 8.86. The Bertz CT molecular complexity index is 765. The highest BCUT2D eigenvalue weighted by Gasteiger charge is 2.18. The highest BCUT2D eigenvalue weighted by atomic mass is 16.6. The molecular weight excluding hydrogens is 374 g/mol. The number of carbonyl (C=O) groups is 1. The van der Waals surface area contributed by atoms with Gasteiger partial charge in [-0.3, -0.25) is 10.3 Å². The van der Waals surface area contributed by atoms with E-state index in [4.69, 9.17) is 14.2 Å². The van der Waals surface area contributed by atoms with Crippen LogP contribution in [0.2, 0.25) is 0 Å². The van der Waals surface area contributed by atoms with Crippen molar-refractivity contribution in [2.75, 3.05) is 30.4 Å². The van der Waals surface area contributed by atoms with Crippen molar-refractivity contribution in [2.24, 2.45) is 0 Å². The first-order valence-corrected chi connectivity index (χ1v) is 9.64. The van der Waals surface area contributed by atoms with Crippen molar-refractivity contribution in [3.05, 3.63) is 30.7 Å². The molecule has 0 aliphatic rings. The van der Waals surface area contributed by atoms with E-state index in [1.807, 2.05) is 0 Å². The first-order valence-electron chi connectivity index (χ1n) is 9.64. The van der Waals surface area contributed by atoms with E-state index < -0.39 is 11.7 Å². The first-order chi connectivity index (χ1) is 13.9. The number of carbonyl (C=O) groups excluding carboxylic acids is 1. The summed E-state index contributed by atoms with van der Waals surface area (Å²) in [6, 6.07) is 3.55. The lowest BCUT2D eigenvalue weighted by Gasteiger charge is -2.19. The fourth-order valence-corrected chi connectivity index (χ4v) is 2.19. The third-order valence-corrected chi connectivity index (χ3v) is 3.45. The van der Waals surface area contributed by atoms with Crippen molar-refractivity contribution in [1.29, 1.82) is 0 Å². The van der Waals surface area contributed by atoms with Crippen LogP contribution in [0, 0.1) is 0 Å². The molecule has 29 heavy (non-hydrogen) atoms. The fourth-order valence-electron chi connectivity index (χ4n) is 2.19. The lowest BCUT2D eigenvalue weighted by atomic mass is 10.2. The van der Waals surface area contributed by atoms with Gasteiger partial charge in [-0.2, -0.15) is 4.98 Å². The van der Waals surface area contributed by atoms with Crippen LogP contribution in [0.15, 0.2) is 30.7 Å². The zero-order valence-corrected chi connectivity index (χ0v) is 17.4. The van der Waals surface area contributed by atoms with E-state index in [-0.39, 0.29) is 5.95 Å². The van der Waals surface area contributed by atoms with Crippen LogP contribution in [-0.2, 0) is 4.74 Å². The number of ether oxygens (including phenoxy) is 3. The lowest BCUT2D eigenvalue weighted by molar-refractivity contribution is 0.0634. The summed E-state index contributed by atoms with van der Waals surface area (Å²) >= 11 is 0. The third kappa shape index (κ3) is 8.63. The molecule has 0 atom stereocenters. The minimum absolute atomic E-state index is 0.138. The van der Waals surface area contributed by atoms with Crippen LogP contribution in [0.1, 0.15) is 40.5 Å². The smallest absolute Gasteiger partial charge is 0.414 e. The second-order valence-electron chi connectivity index (χ2n) is 7.19. The molecule has 0 spiro atoms. The number of amides is 1.